The monoisotopic (exact) mass is 235 g/mol. The summed E-state index contributed by atoms with van der Waals surface area (Å²) in [5, 5.41) is 7.92. The zero-order valence-corrected chi connectivity index (χ0v) is 9.61. The minimum Gasteiger partial charge on any atom is -0.471 e. The lowest BCUT2D eigenvalue weighted by molar-refractivity contribution is 0.214. The first-order chi connectivity index (χ1) is 8.25. The van der Waals surface area contributed by atoms with Crippen LogP contribution in [0.3, 0.4) is 0 Å². The van der Waals surface area contributed by atoms with Gasteiger partial charge in [-0.3, -0.25) is 4.68 Å². The first-order valence-corrected chi connectivity index (χ1v) is 5.74. The molecule has 0 radical (unpaired) electrons. The van der Waals surface area contributed by atoms with Gasteiger partial charge in [0, 0.05) is 13.6 Å². The molecule has 1 fully saturated rings. The smallest absolute Gasteiger partial charge is 0.244 e. The van der Waals surface area contributed by atoms with Crippen molar-refractivity contribution in [2.45, 2.75) is 12.5 Å². The third kappa shape index (κ3) is 1.76. The van der Waals surface area contributed by atoms with Crippen LogP contribution in [0.5, 0.6) is 5.88 Å². The molecule has 2 heterocycles. The fraction of sp³-hybridized carbons (Fsp3) is 0.417. The first-order valence-electron chi connectivity index (χ1n) is 5.74. The summed E-state index contributed by atoms with van der Waals surface area (Å²) in [6.45, 7) is 1.74. The van der Waals surface area contributed by atoms with Gasteiger partial charge in [-0.2, -0.15) is 0 Å². The first kappa shape index (κ1) is 10.5. The van der Waals surface area contributed by atoms with E-state index in [1.54, 1.807) is 17.8 Å². The highest BCUT2D eigenvalue weighted by Crippen LogP contribution is 2.28. The van der Waals surface area contributed by atoms with Crippen LogP contribution in [0.4, 0.5) is 4.39 Å². The molecule has 5 heteroatoms. The summed E-state index contributed by atoms with van der Waals surface area (Å²) in [7, 11) is 1.79. The second-order valence-electron chi connectivity index (χ2n) is 4.30. The van der Waals surface area contributed by atoms with Crippen LogP contribution in [-0.2, 0) is 7.05 Å². The van der Waals surface area contributed by atoms with E-state index in [9.17, 15) is 4.39 Å². The number of nitrogens with one attached hydrogen (secondary N) is 1. The van der Waals surface area contributed by atoms with Crippen molar-refractivity contribution in [3.05, 3.63) is 24.0 Å². The van der Waals surface area contributed by atoms with Gasteiger partial charge in [0.2, 0.25) is 5.88 Å². The standard InChI is InChI=1S/C12H14FN3O/c1-16-10-4-2-3-9(13)11(10)12(15-16)17-8-5-6-14-7-8/h2-4,8,14H,5-7H2,1H3. The van der Waals surface area contributed by atoms with Gasteiger partial charge in [0.25, 0.3) is 0 Å². The molecule has 1 aromatic carbocycles. The van der Waals surface area contributed by atoms with Crippen molar-refractivity contribution in [3.8, 4) is 5.88 Å². The van der Waals surface area contributed by atoms with Crippen LogP contribution < -0.4 is 10.1 Å². The summed E-state index contributed by atoms with van der Waals surface area (Å²) in [4.78, 5) is 0. The average Bonchev–Trinajstić information content (AvgIpc) is 2.90. The van der Waals surface area contributed by atoms with E-state index in [0.717, 1.165) is 25.0 Å². The van der Waals surface area contributed by atoms with E-state index in [1.165, 1.54) is 6.07 Å². The highest BCUT2D eigenvalue weighted by atomic mass is 19.1. The van der Waals surface area contributed by atoms with E-state index in [1.807, 2.05) is 6.07 Å². The molecule has 1 aliphatic rings. The van der Waals surface area contributed by atoms with Crippen molar-refractivity contribution in [2.75, 3.05) is 13.1 Å². The molecule has 0 aliphatic carbocycles. The summed E-state index contributed by atoms with van der Waals surface area (Å²) in [6, 6.07) is 4.95. The van der Waals surface area contributed by atoms with E-state index in [-0.39, 0.29) is 11.9 Å². The molecule has 1 saturated heterocycles. The molecule has 2 aromatic rings. The van der Waals surface area contributed by atoms with Gasteiger partial charge < -0.3 is 10.1 Å². The summed E-state index contributed by atoms with van der Waals surface area (Å²) in [6.07, 6.45) is 1.03. The van der Waals surface area contributed by atoms with Crippen LogP contribution in [0, 0.1) is 5.82 Å². The molecule has 0 saturated carbocycles. The van der Waals surface area contributed by atoms with Gasteiger partial charge in [0.1, 0.15) is 11.9 Å². The van der Waals surface area contributed by atoms with E-state index in [0.29, 0.717) is 11.3 Å². The van der Waals surface area contributed by atoms with Gasteiger partial charge >= 0.3 is 0 Å². The fourth-order valence-corrected chi connectivity index (χ4v) is 2.20. The largest absolute Gasteiger partial charge is 0.471 e. The number of ether oxygens (including phenoxy) is 1. The molecule has 1 unspecified atom stereocenters. The number of hydrogen-bond acceptors (Lipinski definition) is 3. The third-order valence-electron chi connectivity index (χ3n) is 3.09. The predicted octanol–water partition coefficient (Wildman–Crippen LogP) is 1.45. The van der Waals surface area contributed by atoms with Gasteiger partial charge in [-0.1, -0.05) is 6.07 Å². The normalized spacial score (nSPS) is 20.0. The zero-order chi connectivity index (χ0) is 11.8. The Hall–Kier alpha value is -1.62. The van der Waals surface area contributed by atoms with Crippen molar-refractivity contribution in [3.63, 3.8) is 0 Å². The molecular weight excluding hydrogens is 221 g/mol. The number of aryl methyl sites for hydroxylation is 1. The Labute approximate surface area is 98.4 Å². The Kier molecular flexibility index (Phi) is 2.48. The molecular formula is C12H14FN3O. The van der Waals surface area contributed by atoms with Gasteiger partial charge in [-0.15, -0.1) is 5.10 Å². The Bertz CT molecular complexity index is 546. The van der Waals surface area contributed by atoms with Gasteiger partial charge in [-0.05, 0) is 25.1 Å². The topological polar surface area (TPSA) is 39.1 Å². The average molecular weight is 235 g/mol. The van der Waals surface area contributed by atoms with E-state index >= 15 is 0 Å². The van der Waals surface area contributed by atoms with Crippen LogP contribution in [0.1, 0.15) is 6.42 Å². The summed E-state index contributed by atoms with van der Waals surface area (Å²) >= 11 is 0. The maximum absolute atomic E-state index is 13.8. The van der Waals surface area contributed by atoms with E-state index < -0.39 is 0 Å². The predicted molar refractivity (Wildman–Crippen MR) is 62.6 cm³/mol. The van der Waals surface area contributed by atoms with Crippen molar-refractivity contribution in [2.24, 2.45) is 7.05 Å². The Balaban J connectivity index is 2.03. The maximum atomic E-state index is 13.8. The number of fused-ring (bicyclic) bond motifs is 1. The second kappa shape index (κ2) is 4.00. The van der Waals surface area contributed by atoms with Crippen molar-refractivity contribution in [1.82, 2.24) is 15.1 Å². The molecule has 1 aromatic heterocycles. The lowest BCUT2D eigenvalue weighted by Gasteiger charge is -2.09. The van der Waals surface area contributed by atoms with Crippen LogP contribution in [-0.4, -0.2) is 29.0 Å². The lowest BCUT2D eigenvalue weighted by atomic mass is 10.2. The van der Waals surface area contributed by atoms with E-state index in [4.69, 9.17) is 4.74 Å². The van der Waals surface area contributed by atoms with Crippen LogP contribution in [0.2, 0.25) is 0 Å². The summed E-state index contributed by atoms with van der Waals surface area (Å²) in [5.74, 6) is 0.117. The van der Waals surface area contributed by atoms with Crippen molar-refractivity contribution >= 4 is 10.9 Å². The zero-order valence-electron chi connectivity index (χ0n) is 9.61. The minimum absolute atomic E-state index is 0.0905. The fourth-order valence-electron chi connectivity index (χ4n) is 2.20. The molecule has 3 rings (SSSR count). The molecule has 0 bridgehead atoms. The number of hydrogen-bond donors (Lipinski definition) is 1. The molecule has 0 amide bonds. The van der Waals surface area contributed by atoms with Gasteiger partial charge in [0.05, 0.1) is 10.9 Å². The molecule has 1 atom stereocenters. The number of aromatic nitrogens is 2. The molecule has 0 spiro atoms. The molecule has 90 valence electrons. The van der Waals surface area contributed by atoms with Gasteiger partial charge in [0.15, 0.2) is 0 Å². The molecule has 17 heavy (non-hydrogen) atoms. The summed E-state index contributed by atoms with van der Waals surface area (Å²) in [5.41, 5.74) is 0.756. The second-order valence-corrected chi connectivity index (χ2v) is 4.30. The number of nitrogens with zero attached hydrogens (tertiary/aromatic N) is 2. The van der Waals surface area contributed by atoms with Crippen molar-refractivity contribution in [1.29, 1.82) is 0 Å². The van der Waals surface area contributed by atoms with Crippen LogP contribution in [0.15, 0.2) is 18.2 Å². The van der Waals surface area contributed by atoms with E-state index in [2.05, 4.69) is 10.4 Å². The Morgan fingerprint density at radius 2 is 2.41 bits per heavy atom. The highest BCUT2D eigenvalue weighted by molar-refractivity contribution is 5.85. The summed E-state index contributed by atoms with van der Waals surface area (Å²) < 4.78 is 21.2. The SMILES string of the molecule is Cn1nc(OC2CCNC2)c2c(F)cccc21. The third-order valence-corrected chi connectivity index (χ3v) is 3.09. The lowest BCUT2D eigenvalue weighted by Crippen LogP contribution is -2.20. The minimum atomic E-state index is -0.281. The van der Waals surface area contributed by atoms with Crippen LogP contribution in [0.25, 0.3) is 10.9 Å². The number of rotatable bonds is 2. The Morgan fingerprint density at radius 3 is 3.18 bits per heavy atom. The quantitative estimate of drug-likeness (QED) is 0.856. The van der Waals surface area contributed by atoms with Crippen LogP contribution >= 0.6 is 0 Å². The number of benzene rings is 1. The molecule has 4 nitrogen and oxygen atoms in total. The number of halogens is 1. The Morgan fingerprint density at radius 1 is 1.53 bits per heavy atom. The maximum Gasteiger partial charge on any atom is 0.244 e. The van der Waals surface area contributed by atoms with Crippen molar-refractivity contribution < 1.29 is 9.13 Å². The highest BCUT2D eigenvalue weighted by Gasteiger charge is 2.20. The molecule has 1 aliphatic heterocycles. The van der Waals surface area contributed by atoms with Gasteiger partial charge in [-0.25, -0.2) is 4.39 Å². The molecule has 1 N–H and O–H groups in total.